The van der Waals surface area contributed by atoms with Gasteiger partial charge in [0, 0.05) is 32.2 Å². The molecule has 6 nitrogen and oxygen atoms in total. The molecule has 0 aromatic heterocycles. The van der Waals surface area contributed by atoms with Crippen molar-refractivity contribution in [1.29, 1.82) is 0 Å². The van der Waals surface area contributed by atoms with Crippen LogP contribution in [0.5, 0.6) is 5.75 Å². The lowest BCUT2D eigenvalue weighted by atomic mass is 9.48. The summed E-state index contributed by atoms with van der Waals surface area (Å²) in [4.78, 5) is 30.8. The van der Waals surface area contributed by atoms with Gasteiger partial charge in [0.25, 0.3) is 0 Å². The first-order chi connectivity index (χ1) is 20.4. The molecule has 2 aliphatic carbocycles. The number of esters is 1. The second kappa shape index (κ2) is 10.4. The third kappa shape index (κ3) is 4.10. The van der Waals surface area contributed by atoms with Gasteiger partial charge < -0.3 is 14.4 Å². The number of rotatable bonds is 7. The second-order valence-corrected chi connectivity index (χ2v) is 12.3. The molecule has 1 saturated carbocycles. The Balaban J connectivity index is 1.25. The normalized spacial score (nSPS) is 29.0. The smallest absolute Gasteiger partial charge is 0.303 e. The van der Waals surface area contributed by atoms with E-state index in [1.165, 1.54) is 23.6 Å². The van der Waals surface area contributed by atoms with Crippen LogP contribution in [0.25, 0.3) is 6.08 Å². The van der Waals surface area contributed by atoms with Gasteiger partial charge in [0.2, 0.25) is 5.91 Å². The number of piperidine rings is 1. The van der Waals surface area contributed by atoms with Gasteiger partial charge in [0.05, 0.1) is 17.5 Å². The van der Waals surface area contributed by atoms with E-state index in [-0.39, 0.29) is 30.1 Å². The fourth-order valence-electron chi connectivity index (χ4n) is 8.60. The zero-order chi connectivity index (χ0) is 28.9. The highest BCUT2D eigenvalue weighted by Crippen LogP contribution is 2.65. The molecule has 2 unspecified atom stereocenters. The number of hydrogen-bond acceptors (Lipinski definition) is 5. The second-order valence-electron chi connectivity index (χ2n) is 12.3. The number of likely N-dealkylation sites (N-methyl/N-ethyl adjacent to an activating group) is 1. The zero-order valence-electron chi connectivity index (χ0n) is 24.4. The van der Waals surface area contributed by atoms with Crippen LogP contribution in [-0.2, 0) is 32.6 Å². The molecular formula is C36H38N2O4. The van der Waals surface area contributed by atoms with Crippen LogP contribution in [-0.4, -0.2) is 65.6 Å². The summed E-state index contributed by atoms with van der Waals surface area (Å²) >= 11 is 0. The van der Waals surface area contributed by atoms with Crippen molar-refractivity contribution in [2.75, 3.05) is 20.1 Å². The lowest BCUT2D eigenvalue weighted by Crippen LogP contribution is -2.79. The molecule has 3 aromatic carbocycles. The highest BCUT2D eigenvalue weighted by atomic mass is 16.6. The Hall–Kier alpha value is -3.90. The largest absolute Gasteiger partial charge is 0.487 e. The highest BCUT2D eigenvalue weighted by Gasteiger charge is 2.75. The predicted molar refractivity (Wildman–Crippen MR) is 162 cm³/mol. The van der Waals surface area contributed by atoms with Gasteiger partial charge >= 0.3 is 5.97 Å². The number of carbonyl (C=O) groups is 2. The van der Waals surface area contributed by atoms with E-state index in [0.717, 1.165) is 43.7 Å². The number of ether oxygens (including phenoxy) is 2. The number of benzene rings is 3. The maximum atomic E-state index is 13.5. The van der Waals surface area contributed by atoms with Crippen molar-refractivity contribution in [2.45, 2.75) is 68.2 Å². The van der Waals surface area contributed by atoms with Gasteiger partial charge in [-0.2, -0.15) is 0 Å². The van der Waals surface area contributed by atoms with Crippen molar-refractivity contribution < 1.29 is 19.1 Å². The van der Waals surface area contributed by atoms with Crippen LogP contribution >= 0.6 is 0 Å². The monoisotopic (exact) mass is 562 g/mol. The predicted octanol–water partition coefficient (Wildman–Crippen LogP) is 5.19. The summed E-state index contributed by atoms with van der Waals surface area (Å²) in [7, 11) is 1.89. The van der Waals surface area contributed by atoms with Crippen molar-refractivity contribution in [3.05, 3.63) is 107 Å². The molecular weight excluding hydrogens is 524 g/mol. The summed E-state index contributed by atoms with van der Waals surface area (Å²) in [5, 5.41) is 0. The van der Waals surface area contributed by atoms with Gasteiger partial charge in [-0.25, -0.2) is 0 Å². The average molecular weight is 563 g/mol. The summed E-state index contributed by atoms with van der Waals surface area (Å²) in [5.74, 6) is 0.593. The molecule has 0 radical (unpaired) electrons. The lowest BCUT2D eigenvalue weighted by Gasteiger charge is -2.65. The van der Waals surface area contributed by atoms with E-state index in [4.69, 9.17) is 9.47 Å². The minimum atomic E-state index is -0.710. The Morgan fingerprint density at radius 2 is 1.79 bits per heavy atom. The van der Waals surface area contributed by atoms with Crippen LogP contribution < -0.4 is 4.74 Å². The van der Waals surface area contributed by atoms with E-state index in [9.17, 15) is 9.59 Å². The van der Waals surface area contributed by atoms with Crippen LogP contribution in [0.15, 0.2) is 84.9 Å². The van der Waals surface area contributed by atoms with Crippen molar-refractivity contribution in [1.82, 2.24) is 9.80 Å². The van der Waals surface area contributed by atoms with Crippen molar-refractivity contribution in [2.24, 2.45) is 0 Å². The number of amides is 1. The van der Waals surface area contributed by atoms with Crippen LogP contribution in [0.2, 0.25) is 0 Å². The Bertz CT molecular complexity index is 1520. The number of nitrogens with zero attached hydrogens (tertiary/aromatic N) is 2. The third-order valence-electron chi connectivity index (χ3n) is 10.3. The molecule has 2 heterocycles. The summed E-state index contributed by atoms with van der Waals surface area (Å²) in [6, 6.07) is 26.7. The first kappa shape index (κ1) is 27.0. The molecule has 4 aliphatic rings. The molecule has 1 amide bonds. The molecule has 5 atom stereocenters. The summed E-state index contributed by atoms with van der Waals surface area (Å²) in [5.41, 5.74) is 3.58. The van der Waals surface area contributed by atoms with Crippen molar-refractivity contribution in [3.8, 4) is 5.75 Å². The molecule has 1 saturated heterocycles. The van der Waals surface area contributed by atoms with Gasteiger partial charge in [0.15, 0.2) is 0 Å². The van der Waals surface area contributed by atoms with E-state index in [0.29, 0.717) is 12.8 Å². The topological polar surface area (TPSA) is 59.1 Å². The lowest BCUT2D eigenvalue weighted by molar-refractivity contribution is -0.223. The minimum Gasteiger partial charge on any atom is -0.487 e. The quantitative estimate of drug-likeness (QED) is 0.293. The number of hydrogen-bond donors (Lipinski definition) is 0. The molecule has 1 spiro atoms. The van der Waals surface area contributed by atoms with Gasteiger partial charge in [-0.3, -0.25) is 14.5 Å². The SMILES string of the molecule is CC(=O)O[C@@]12CCC(N(C)C(=O)/C=C/c3ccccc3)C3Oc4cccc5c4[C@@]31CCN(CCc1ccccc1)[C@@H]2C5. The highest BCUT2D eigenvalue weighted by molar-refractivity contribution is 5.92. The van der Waals surface area contributed by atoms with Crippen molar-refractivity contribution >= 4 is 18.0 Å². The first-order valence-electron chi connectivity index (χ1n) is 15.2. The van der Waals surface area contributed by atoms with Crippen molar-refractivity contribution in [3.63, 3.8) is 0 Å². The van der Waals surface area contributed by atoms with Gasteiger partial charge in [0.1, 0.15) is 17.5 Å². The minimum absolute atomic E-state index is 0.0470. The molecule has 2 fully saturated rings. The first-order valence-corrected chi connectivity index (χ1v) is 15.2. The number of carbonyl (C=O) groups excluding carboxylic acids is 2. The van der Waals surface area contributed by atoms with Crippen LogP contribution in [0.3, 0.4) is 0 Å². The summed E-state index contributed by atoms with van der Waals surface area (Å²) in [6.45, 7) is 3.34. The maximum absolute atomic E-state index is 13.5. The molecule has 42 heavy (non-hydrogen) atoms. The Labute approximate surface area is 247 Å². The van der Waals surface area contributed by atoms with Crippen LogP contribution in [0.1, 0.15) is 48.4 Å². The Kier molecular flexibility index (Phi) is 6.69. The summed E-state index contributed by atoms with van der Waals surface area (Å²) < 4.78 is 13.5. The molecule has 2 aliphatic heterocycles. The third-order valence-corrected chi connectivity index (χ3v) is 10.3. The Morgan fingerprint density at radius 1 is 1.02 bits per heavy atom. The molecule has 3 aromatic rings. The van der Waals surface area contributed by atoms with E-state index in [1.807, 2.05) is 48.4 Å². The standard InChI is InChI=1S/C36H38N2O4/c1-25(39)42-36-20-18-29(37(2)32(40)17-16-26-10-5-3-6-11-26)34-35(36)21-23-38(22-19-27-12-7-4-8-13-27)31(36)24-28-14-9-15-30(41-34)33(28)35/h3-17,29,31,34H,18-24H2,1-2H3/b17-16+/t29?,31-,34?,35+,36-/m1/s1. The maximum Gasteiger partial charge on any atom is 0.303 e. The van der Waals surface area contributed by atoms with Crippen LogP contribution in [0, 0.1) is 0 Å². The van der Waals surface area contributed by atoms with E-state index < -0.39 is 11.0 Å². The molecule has 0 N–H and O–H groups in total. The fraction of sp³-hybridized carbons (Fsp3) is 0.389. The number of likely N-dealkylation sites (tertiary alicyclic amines) is 1. The van der Waals surface area contributed by atoms with E-state index >= 15 is 0 Å². The molecule has 6 heteroatoms. The summed E-state index contributed by atoms with van der Waals surface area (Å²) in [6.07, 6.45) is 7.21. The van der Waals surface area contributed by atoms with Crippen LogP contribution in [0.4, 0.5) is 0 Å². The van der Waals surface area contributed by atoms with E-state index in [2.05, 4.69) is 53.4 Å². The van der Waals surface area contributed by atoms with Gasteiger partial charge in [-0.05, 0) is 67.5 Å². The molecule has 216 valence electrons. The molecule has 7 rings (SSSR count). The fourth-order valence-corrected chi connectivity index (χ4v) is 8.60. The van der Waals surface area contributed by atoms with Gasteiger partial charge in [-0.15, -0.1) is 0 Å². The molecule has 2 bridgehead atoms. The zero-order valence-corrected chi connectivity index (χ0v) is 24.4. The average Bonchev–Trinajstić information content (AvgIpc) is 3.34. The van der Waals surface area contributed by atoms with E-state index in [1.54, 1.807) is 6.08 Å². The van der Waals surface area contributed by atoms with Gasteiger partial charge in [-0.1, -0.05) is 72.8 Å². The Morgan fingerprint density at radius 3 is 2.55 bits per heavy atom.